The van der Waals surface area contributed by atoms with Gasteiger partial charge in [0, 0.05) is 0 Å². The topological polar surface area (TPSA) is 107 Å². The summed E-state index contributed by atoms with van der Waals surface area (Å²) in [6, 6.07) is 0. The van der Waals surface area contributed by atoms with Crippen LogP contribution in [0.4, 0.5) is 0 Å². The van der Waals surface area contributed by atoms with Gasteiger partial charge in [-0.05, 0) is 18.9 Å². The summed E-state index contributed by atoms with van der Waals surface area (Å²) in [6.45, 7) is 2.22. The number of rotatable bonds is 13. The van der Waals surface area contributed by atoms with Crippen LogP contribution in [0.15, 0.2) is 12.3 Å². The zero-order chi connectivity index (χ0) is 20.3. The van der Waals surface area contributed by atoms with Crippen molar-refractivity contribution in [1.29, 1.82) is 0 Å². The lowest BCUT2D eigenvalue weighted by Gasteiger charge is -2.00. The molecule has 7 nitrogen and oxygen atoms in total. The molecule has 0 aromatic heterocycles. The van der Waals surface area contributed by atoms with Crippen molar-refractivity contribution in [2.45, 2.75) is 90.4 Å². The second-order valence-corrected chi connectivity index (χ2v) is 6.37. The summed E-state index contributed by atoms with van der Waals surface area (Å²) < 4.78 is 8.86. The number of allylic oxidation sites excluding steroid dienone is 1. The molecule has 0 saturated carbocycles. The number of carbonyl (C=O) groups is 4. The predicted octanol–water partition coefficient (Wildman–Crippen LogP) is 4.29. The van der Waals surface area contributed by atoms with Gasteiger partial charge in [-0.2, -0.15) is 0 Å². The molecule has 0 bridgehead atoms. The van der Waals surface area contributed by atoms with Crippen molar-refractivity contribution in [1.82, 2.24) is 0 Å². The van der Waals surface area contributed by atoms with Crippen molar-refractivity contribution in [2.24, 2.45) is 0 Å². The van der Waals surface area contributed by atoms with Gasteiger partial charge in [-0.25, -0.2) is 0 Å². The number of hydrogen-bond donors (Lipinski definition) is 1. The minimum atomic E-state index is -0.982. The lowest BCUT2D eigenvalue weighted by molar-refractivity contribution is -0.152. The Balaban J connectivity index is 0.000000797. The molecule has 1 aliphatic rings. The average molecular weight is 384 g/mol. The number of esters is 3. The summed E-state index contributed by atoms with van der Waals surface area (Å²) in [4.78, 5) is 41.3. The normalized spacial score (nSPS) is 13.2. The van der Waals surface area contributed by atoms with Crippen LogP contribution in [-0.4, -0.2) is 29.0 Å². The Morgan fingerprint density at radius 1 is 0.963 bits per heavy atom. The van der Waals surface area contributed by atoms with Gasteiger partial charge in [0.1, 0.15) is 0 Å². The van der Waals surface area contributed by atoms with Gasteiger partial charge in [-0.3, -0.25) is 19.2 Å². The van der Waals surface area contributed by atoms with E-state index in [1.165, 1.54) is 51.2 Å². The molecule has 1 saturated heterocycles. The first kappa shape index (κ1) is 24.8. The number of aliphatic carboxylic acids is 1. The molecular formula is C20H32O7. The number of hydrogen-bond acceptors (Lipinski definition) is 6. The van der Waals surface area contributed by atoms with E-state index >= 15 is 0 Å². The molecule has 1 fully saturated rings. The van der Waals surface area contributed by atoms with Crippen molar-refractivity contribution >= 4 is 23.9 Å². The third kappa shape index (κ3) is 18.4. The molecule has 1 rings (SSSR count). The Bertz CT molecular complexity index is 469. The first-order valence-corrected chi connectivity index (χ1v) is 9.75. The predicted molar refractivity (Wildman–Crippen MR) is 99.7 cm³/mol. The third-order valence-electron chi connectivity index (χ3n) is 3.82. The van der Waals surface area contributed by atoms with Crippen molar-refractivity contribution in [3.8, 4) is 0 Å². The maximum atomic E-state index is 11.1. The highest BCUT2D eigenvalue weighted by atomic mass is 16.6. The van der Waals surface area contributed by atoms with E-state index in [9.17, 15) is 19.2 Å². The second kappa shape index (κ2) is 17.2. The molecule has 27 heavy (non-hydrogen) atoms. The van der Waals surface area contributed by atoms with Crippen LogP contribution < -0.4 is 0 Å². The molecule has 1 N–H and O–H groups in total. The molecule has 1 aliphatic heterocycles. The fraction of sp³-hybridized carbons (Fsp3) is 0.700. The van der Waals surface area contributed by atoms with Crippen LogP contribution in [0, 0.1) is 0 Å². The van der Waals surface area contributed by atoms with Crippen molar-refractivity contribution < 1.29 is 33.8 Å². The Morgan fingerprint density at radius 3 is 2.00 bits per heavy atom. The molecule has 154 valence electrons. The van der Waals surface area contributed by atoms with Crippen LogP contribution >= 0.6 is 0 Å². The van der Waals surface area contributed by atoms with Gasteiger partial charge in [0.05, 0.1) is 31.9 Å². The monoisotopic (exact) mass is 384 g/mol. The maximum Gasteiger partial charge on any atom is 0.314 e. The smallest absolute Gasteiger partial charge is 0.314 e. The highest BCUT2D eigenvalue weighted by Gasteiger charge is 2.19. The van der Waals surface area contributed by atoms with E-state index in [1.54, 1.807) is 0 Å². The highest BCUT2D eigenvalue weighted by molar-refractivity contribution is 5.92. The molecule has 1 heterocycles. The van der Waals surface area contributed by atoms with Crippen LogP contribution in [0.2, 0.25) is 0 Å². The Hall–Kier alpha value is -2.18. The zero-order valence-corrected chi connectivity index (χ0v) is 16.2. The van der Waals surface area contributed by atoms with E-state index in [2.05, 4.69) is 11.7 Å². The lowest BCUT2D eigenvalue weighted by Crippen LogP contribution is -2.03. The second-order valence-electron chi connectivity index (χ2n) is 6.37. The van der Waals surface area contributed by atoms with Gasteiger partial charge >= 0.3 is 23.9 Å². The fourth-order valence-electron chi connectivity index (χ4n) is 2.29. The number of unbranched alkanes of at least 4 members (excludes halogenated alkanes) is 8. The van der Waals surface area contributed by atoms with E-state index in [4.69, 9.17) is 9.84 Å². The van der Waals surface area contributed by atoms with Gasteiger partial charge in [0.2, 0.25) is 0 Å². The molecule has 7 heteroatoms. The number of ether oxygens (including phenoxy) is 2. The third-order valence-corrected chi connectivity index (χ3v) is 3.82. The van der Waals surface area contributed by atoms with Gasteiger partial charge in [-0.15, -0.1) is 0 Å². The minimum Gasteiger partial charge on any atom is -0.481 e. The minimum absolute atomic E-state index is 0.0720. The fourth-order valence-corrected chi connectivity index (χ4v) is 2.29. The first-order valence-electron chi connectivity index (χ1n) is 9.75. The average Bonchev–Trinajstić information content (AvgIpc) is 3.01. The summed E-state index contributed by atoms with van der Waals surface area (Å²) in [7, 11) is 0. The number of cyclic esters (lactones) is 2. The van der Waals surface area contributed by atoms with Crippen LogP contribution in [0.1, 0.15) is 90.4 Å². The first-order chi connectivity index (χ1) is 13.0. The van der Waals surface area contributed by atoms with Crippen LogP contribution in [0.3, 0.4) is 0 Å². The van der Waals surface area contributed by atoms with Crippen molar-refractivity contribution in [2.75, 3.05) is 0 Å². The number of carboxylic acids is 1. The van der Waals surface area contributed by atoms with Gasteiger partial charge in [-0.1, -0.05) is 51.9 Å². The Labute approximate surface area is 161 Å². The quantitative estimate of drug-likeness (QED) is 0.218. The molecule has 0 radical (unpaired) electrons. The highest BCUT2D eigenvalue weighted by Crippen LogP contribution is 2.09. The summed E-state index contributed by atoms with van der Waals surface area (Å²) in [5.74, 6) is -2.26. The molecule has 0 aromatic rings. The molecule has 0 atom stereocenters. The largest absolute Gasteiger partial charge is 0.481 e. The summed E-state index contributed by atoms with van der Waals surface area (Å²) in [6.07, 6.45) is 14.6. The van der Waals surface area contributed by atoms with E-state index in [1.807, 2.05) is 6.08 Å². The lowest BCUT2D eigenvalue weighted by atomic mass is 10.1. The molecular weight excluding hydrogens is 352 g/mol. The maximum absolute atomic E-state index is 11.1. The number of carbonyl (C=O) groups excluding carboxylic acids is 3. The summed E-state index contributed by atoms with van der Waals surface area (Å²) in [5, 5.41) is 8.40. The van der Waals surface area contributed by atoms with E-state index in [-0.39, 0.29) is 25.7 Å². The summed E-state index contributed by atoms with van der Waals surface area (Å²) in [5.41, 5.74) is 0. The SMILES string of the molecule is CCCCCCCCCCC=COC(=O)CCC(=O)O.O=C1CCC(=O)O1. The van der Waals surface area contributed by atoms with E-state index in [0.717, 1.165) is 12.8 Å². The number of carboxylic acid groups (broad SMARTS) is 1. The van der Waals surface area contributed by atoms with Crippen LogP contribution in [-0.2, 0) is 28.7 Å². The molecule has 0 amide bonds. The van der Waals surface area contributed by atoms with Crippen LogP contribution in [0.25, 0.3) is 0 Å². The van der Waals surface area contributed by atoms with Gasteiger partial charge in [0.25, 0.3) is 0 Å². The summed E-state index contributed by atoms with van der Waals surface area (Å²) >= 11 is 0. The molecule has 0 aliphatic carbocycles. The standard InChI is InChI=1S/C16H28O4.C4H4O3/c1-2-3-4-5-6-7-8-9-10-11-14-20-16(19)13-12-15(17)18;5-3-1-2-4(6)7-3/h11,14H,2-10,12-13H2,1H3,(H,17,18);1-2H2. The molecule has 0 spiro atoms. The Kier molecular flexibility index (Phi) is 15.9. The van der Waals surface area contributed by atoms with E-state index < -0.39 is 23.9 Å². The molecule has 0 unspecified atom stereocenters. The molecule has 0 aromatic carbocycles. The zero-order valence-electron chi connectivity index (χ0n) is 16.2. The van der Waals surface area contributed by atoms with E-state index in [0.29, 0.717) is 0 Å². The van der Waals surface area contributed by atoms with Crippen molar-refractivity contribution in [3.63, 3.8) is 0 Å². The van der Waals surface area contributed by atoms with Gasteiger partial charge in [0.15, 0.2) is 0 Å². The Morgan fingerprint density at radius 2 is 1.52 bits per heavy atom. The van der Waals surface area contributed by atoms with Crippen LogP contribution in [0.5, 0.6) is 0 Å². The van der Waals surface area contributed by atoms with Crippen molar-refractivity contribution in [3.05, 3.63) is 12.3 Å². The van der Waals surface area contributed by atoms with Gasteiger partial charge < -0.3 is 14.6 Å².